The summed E-state index contributed by atoms with van der Waals surface area (Å²) in [6.07, 6.45) is 24.5. The third kappa shape index (κ3) is 29.8. The molecule has 4 nitrogen and oxygen atoms in total. The van der Waals surface area contributed by atoms with Gasteiger partial charge >= 0.3 is 0 Å². The van der Waals surface area contributed by atoms with Gasteiger partial charge in [-0.1, -0.05) is 117 Å². The largest absolute Gasteiger partial charge is 0.379 e. The second-order valence-electron chi connectivity index (χ2n) is 9.11. The molecule has 0 radical (unpaired) electrons. The van der Waals surface area contributed by atoms with Crippen LogP contribution in [0.15, 0.2) is 0 Å². The number of rotatable bonds is 29. The highest BCUT2D eigenvalue weighted by molar-refractivity contribution is 4.49. The first-order valence-electron chi connectivity index (χ1n) is 14.2. The minimum absolute atomic E-state index is 0.637. The Hall–Kier alpha value is -0.160. The molecule has 0 fully saturated rings. The summed E-state index contributed by atoms with van der Waals surface area (Å²) >= 11 is 0. The summed E-state index contributed by atoms with van der Waals surface area (Å²) < 4.78 is 22.2. The molecule has 0 atom stereocenters. The van der Waals surface area contributed by atoms with Gasteiger partial charge in [0.2, 0.25) is 0 Å². The van der Waals surface area contributed by atoms with Gasteiger partial charge in [0.15, 0.2) is 0 Å². The molecule has 0 saturated carbocycles. The summed E-state index contributed by atoms with van der Waals surface area (Å²) in [6, 6.07) is 0. The normalized spacial score (nSPS) is 11.4. The number of unbranched alkanes of at least 4 members (excludes halogenated alkanes) is 16. The average molecular weight is 459 g/mol. The van der Waals surface area contributed by atoms with Crippen molar-refractivity contribution in [2.24, 2.45) is 0 Å². The van der Waals surface area contributed by atoms with E-state index in [2.05, 4.69) is 13.8 Å². The zero-order valence-electron chi connectivity index (χ0n) is 22.0. The Labute approximate surface area is 201 Å². The molecule has 0 saturated heterocycles. The molecular formula is C28H58O4. The van der Waals surface area contributed by atoms with Crippen molar-refractivity contribution in [3.8, 4) is 0 Å². The Morgan fingerprint density at radius 3 is 0.781 bits per heavy atom. The van der Waals surface area contributed by atoms with Crippen molar-refractivity contribution in [3.05, 3.63) is 0 Å². The van der Waals surface area contributed by atoms with E-state index >= 15 is 0 Å². The molecule has 32 heavy (non-hydrogen) atoms. The van der Waals surface area contributed by atoms with E-state index in [1.165, 1.54) is 109 Å². The van der Waals surface area contributed by atoms with Crippen molar-refractivity contribution in [1.82, 2.24) is 0 Å². The lowest BCUT2D eigenvalue weighted by molar-refractivity contribution is -0.00248. The molecule has 0 aliphatic heterocycles. The van der Waals surface area contributed by atoms with E-state index in [1.807, 2.05) is 0 Å². The van der Waals surface area contributed by atoms with Gasteiger partial charge in [0, 0.05) is 13.2 Å². The fourth-order valence-corrected chi connectivity index (χ4v) is 3.79. The van der Waals surface area contributed by atoms with E-state index in [9.17, 15) is 0 Å². The summed E-state index contributed by atoms with van der Waals surface area (Å²) in [6.45, 7) is 10.2. The molecule has 0 amide bonds. The van der Waals surface area contributed by atoms with Crippen LogP contribution in [0.5, 0.6) is 0 Å². The molecule has 0 aromatic heterocycles. The maximum Gasteiger partial charge on any atom is 0.0701 e. The fourth-order valence-electron chi connectivity index (χ4n) is 3.79. The van der Waals surface area contributed by atoms with Crippen molar-refractivity contribution in [3.63, 3.8) is 0 Å². The average Bonchev–Trinajstić information content (AvgIpc) is 2.81. The Bertz CT molecular complexity index is 282. The summed E-state index contributed by atoms with van der Waals surface area (Å²) in [5.74, 6) is 0. The molecule has 194 valence electrons. The smallest absolute Gasteiger partial charge is 0.0701 e. The lowest BCUT2D eigenvalue weighted by Crippen LogP contribution is -2.12. The van der Waals surface area contributed by atoms with E-state index in [0.717, 1.165) is 19.6 Å². The van der Waals surface area contributed by atoms with E-state index < -0.39 is 0 Å². The molecular weight excluding hydrogens is 400 g/mol. The van der Waals surface area contributed by atoms with Gasteiger partial charge in [-0.3, -0.25) is 0 Å². The quantitative estimate of drug-likeness (QED) is 0.106. The summed E-state index contributed by atoms with van der Waals surface area (Å²) in [4.78, 5) is 0. The third-order valence-electron chi connectivity index (χ3n) is 5.90. The molecule has 0 aromatic rings. The Morgan fingerprint density at radius 1 is 0.250 bits per heavy atom. The molecule has 0 bridgehead atoms. The maximum absolute atomic E-state index is 5.65. The van der Waals surface area contributed by atoms with Crippen LogP contribution in [-0.2, 0) is 18.9 Å². The van der Waals surface area contributed by atoms with E-state index in [-0.39, 0.29) is 0 Å². The second kappa shape index (κ2) is 30.8. The minimum Gasteiger partial charge on any atom is -0.379 e. The Morgan fingerprint density at radius 2 is 0.469 bits per heavy atom. The van der Waals surface area contributed by atoms with Crippen molar-refractivity contribution in [2.45, 2.75) is 129 Å². The van der Waals surface area contributed by atoms with Crippen LogP contribution < -0.4 is 0 Å². The minimum atomic E-state index is 0.637. The fraction of sp³-hybridized carbons (Fsp3) is 1.00. The lowest BCUT2D eigenvalue weighted by atomic mass is 10.0. The first-order chi connectivity index (χ1) is 15.9. The SMILES string of the molecule is CCCCCCCCCCCCCCCCOCCOCCOCCOCCCCCC. The molecule has 0 aliphatic rings. The van der Waals surface area contributed by atoms with Crippen LogP contribution in [0.1, 0.15) is 129 Å². The monoisotopic (exact) mass is 458 g/mol. The highest BCUT2D eigenvalue weighted by Gasteiger charge is 1.96. The van der Waals surface area contributed by atoms with Gasteiger partial charge in [-0.15, -0.1) is 0 Å². The standard InChI is InChI=1S/C28H58O4/c1-3-5-7-9-10-11-12-13-14-15-16-17-18-20-22-30-24-26-32-28-27-31-25-23-29-21-19-8-6-4-2/h3-28H2,1-2H3. The van der Waals surface area contributed by atoms with Crippen molar-refractivity contribution < 1.29 is 18.9 Å². The van der Waals surface area contributed by atoms with Crippen molar-refractivity contribution in [2.75, 3.05) is 52.9 Å². The molecule has 0 unspecified atom stereocenters. The first kappa shape index (κ1) is 31.8. The third-order valence-corrected chi connectivity index (χ3v) is 5.90. The van der Waals surface area contributed by atoms with E-state index in [0.29, 0.717) is 39.6 Å². The van der Waals surface area contributed by atoms with Gasteiger partial charge in [-0.2, -0.15) is 0 Å². The van der Waals surface area contributed by atoms with Crippen molar-refractivity contribution in [1.29, 1.82) is 0 Å². The molecule has 0 rings (SSSR count). The van der Waals surface area contributed by atoms with E-state index in [1.54, 1.807) is 0 Å². The first-order valence-corrected chi connectivity index (χ1v) is 14.2. The second-order valence-corrected chi connectivity index (χ2v) is 9.11. The van der Waals surface area contributed by atoms with Crippen molar-refractivity contribution >= 4 is 0 Å². The molecule has 0 N–H and O–H groups in total. The predicted molar refractivity (Wildman–Crippen MR) is 138 cm³/mol. The molecule has 0 aliphatic carbocycles. The zero-order chi connectivity index (χ0) is 23.2. The Kier molecular flexibility index (Phi) is 30.7. The molecule has 0 aromatic carbocycles. The Balaban J connectivity index is 2.98. The molecule has 4 heteroatoms. The van der Waals surface area contributed by atoms with Gasteiger partial charge in [0.05, 0.1) is 39.6 Å². The predicted octanol–water partition coefficient (Wildman–Crippen LogP) is 8.11. The molecule has 0 spiro atoms. The van der Waals surface area contributed by atoms with Gasteiger partial charge < -0.3 is 18.9 Å². The van der Waals surface area contributed by atoms with Crippen LogP contribution in [0.4, 0.5) is 0 Å². The van der Waals surface area contributed by atoms with Gasteiger partial charge in [-0.05, 0) is 12.8 Å². The van der Waals surface area contributed by atoms with Crippen LogP contribution >= 0.6 is 0 Å². The zero-order valence-corrected chi connectivity index (χ0v) is 22.0. The number of ether oxygens (including phenoxy) is 4. The van der Waals surface area contributed by atoms with Gasteiger partial charge in [0.25, 0.3) is 0 Å². The number of hydrogen-bond donors (Lipinski definition) is 0. The highest BCUT2D eigenvalue weighted by Crippen LogP contribution is 2.12. The summed E-state index contributed by atoms with van der Waals surface area (Å²) in [5.41, 5.74) is 0. The van der Waals surface area contributed by atoms with Gasteiger partial charge in [-0.25, -0.2) is 0 Å². The summed E-state index contributed by atoms with van der Waals surface area (Å²) in [7, 11) is 0. The molecule has 0 heterocycles. The van der Waals surface area contributed by atoms with Crippen LogP contribution in [-0.4, -0.2) is 52.9 Å². The van der Waals surface area contributed by atoms with Crippen LogP contribution in [0.3, 0.4) is 0 Å². The highest BCUT2D eigenvalue weighted by atomic mass is 16.6. The summed E-state index contributed by atoms with van der Waals surface area (Å²) in [5, 5.41) is 0. The number of hydrogen-bond acceptors (Lipinski definition) is 4. The van der Waals surface area contributed by atoms with Crippen LogP contribution in [0.25, 0.3) is 0 Å². The van der Waals surface area contributed by atoms with Crippen LogP contribution in [0, 0.1) is 0 Å². The van der Waals surface area contributed by atoms with Crippen LogP contribution in [0.2, 0.25) is 0 Å². The lowest BCUT2D eigenvalue weighted by Gasteiger charge is -2.07. The topological polar surface area (TPSA) is 36.9 Å². The van der Waals surface area contributed by atoms with Gasteiger partial charge in [0.1, 0.15) is 0 Å². The maximum atomic E-state index is 5.65. The van der Waals surface area contributed by atoms with E-state index in [4.69, 9.17) is 18.9 Å².